The van der Waals surface area contributed by atoms with E-state index in [4.69, 9.17) is 0 Å². The van der Waals surface area contributed by atoms with Crippen LogP contribution in [0.4, 0.5) is 19.0 Å². The maximum Gasteiger partial charge on any atom is 0.390 e. The summed E-state index contributed by atoms with van der Waals surface area (Å²) in [6.45, 7) is -0.142. The number of hydrogen-bond donors (Lipinski definition) is 1. The van der Waals surface area contributed by atoms with Gasteiger partial charge in [-0.25, -0.2) is 4.98 Å². The molecular weight excluding hydrogens is 308 g/mol. The summed E-state index contributed by atoms with van der Waals surface area (Å²) in [5.74, 6) is 0.498. The fourth-order valence-electron chi connectivity index (χ4n) is 0.838. The second-order valence-corrected chi connectivity index (χ2v) is 3.79. The first-order valence-corrected chi connectivity index (χ1v) is 4.98. The zero-order valence-corrected chi connectivity index (χ0v) is 9.26. The third kappa shape index (κ3) is 4.12. The van der Waals surface area contributed by atoms with E-state index in [0.29, 0.717) is 5.82 Å². The lowest BCUT2D eigenvalue weighted by Gasteiger charge is -2.08. The van der Waals surface area contributed by atoms with Crippen LogP contribution in [0.1, 0.15) is 6.42 Å². The topological polar surface area (TPSA) is 24.9 Å². The minimum atomic E-state index is -4.12. The normalized spacial score (nSPS) is 11.4. The molecule has 0 aliphatic heterocycles. The van der Waals surface area contributed by atoms with E-state index in [0.717, 1.165) is 3.57 Å². The molecule has 1 rings (SSSR count). The van der Waals surface area contributed by atoms with Crippen LogP contribution in [0.3, 0.4) is 0 Å². The summed E-state index contributed by atoms with van der Waals surface area (Å²) >= 11 is 2.01. The fourth-order valence-corrected chi connectivity index (χ4v) is 1.38. The predicted octanol–water partition coefficient (Wildman–Crippen LogP) is 3.05. The van der Waals surface area contributed by atoms with Gasteiger partial charge in [0.05, 0.1) is 9.99 Å². The molecule has 14 heavy (non-hydrogen) atoms. The molecule has 0 bridgehead atoms. The molecule has 0 aliphatic rings. The molecule has 1 aromatic heterocycles. The Morgan fingerprint density at radius 3 is 2.71 bits per heavy atom. The fraction of sp³-hybridized carbons (Fsp3) is 0.375. The molecule has 0 fully saturated rings. The first kappa shape index (κ1) is 11.5. The van der Waals surface area contributed by atoms with Gasteiger partial charge < -0.3 is 5.32 Å². The SMILES string of the molecule is FC(F)(F)CCNc1ncccc1I. The molecule has 0 unspecified atom stereocenters. The highest BCUT2D eigenvalue weighted by molar-refractivity contribution is 14.1. The van der Waals surface area contributed by atoms with Gasteiger partial charge in [0, 0.05) is 12.7 Å². The van der Waals surface area contributed by atoms with Crippen molar-refractivity contribution in [3.63, 3.8) is 0 Å². The number of rotatable bonds is 3. The average Bonchev–Trinajstić information content (AvgIpc) is 2.06. The Labute approximate surface area is 93.1 Å². The van der Waals surface area contributed by atoms with E-state index in [-0.39, 0.29) is 6.54 Å². The second kappa shape index (κ2) is 4.81. The van der Waals surface area contributed by atoms with Gasteiger partial charge in [0.15, 0.2) is 0 Å². The van der Waals surface area contributed by atoms with E-state index >= 15 is 0 Å². The van der Waals surface area contributed by atoms with Crippen molar-refractivity contribution in [1.29, 1.82) is 0 Å². The predicted molar refractivity (Wildman–Crippen MR) is 56.1 cm³/mol. The van der Waals surface area contributed by atoms with Crippen molar-refractivity contribution >= 4 is 28.4 Å². The van der Waals surface area contributed by atoms with Gasteiger partial charge in [-0.3, -0.25) is 0 Å². The third-order valence-corrected chi connectivity index (χ3v) is 2.33. The molecule has 0 aromatic carbocycles. The van der Waals surface area contributed by atoms with Crippen LogP contribution in [-0.2, 0) is 0 Å². The average molecular weight is 316 g/mol. The number of anilines is 1. The molecule has 78 valence electrons. The summed E-state index contributed by atoms with van der Waals surface area (Å²) in [6, 6.07) is 3.51. The highest BCUT2D eigenvalue weighted by Gasteiger charge is 2.26. The first-order valence-electron chi connectivity index (χ1n) is 3.90. The van der Waals surface area contributed by atoms with Gasteiger partial charge in [-0.1, -0.05) is 0 Å². The molecular formula is C8H8F3IN2. The van der Waals surface area contributed by atoms with Crippen LogP contribution in [0.2, 0.25) is 0 Å². The Bertz CT molecular complexity index is 301. The van der Waals surface area contributed by atoms with E-state index in [9.17, 15) is 13.2 Å². The van der Waals surface area contributed by atoms with E-state index in [1.165, 1.54) is 6.20 Å². The van der Waals surface area contributed by atoms with Gasteiger partial charge in [0.2, 0.25) is 0 Å². The molecule has 1 aromatic rings. The van der Waals surface area contributed by atoms with Crippen molar-refractivity contribution in [3.8, 4) is 0 Å². The van der Waals surface area contributed by atoms with Crippen molar-refractivity contribution in [3.05, 3.63) is 21.9 Å². The summed E-state index contributed by atoms with van der Waals surface area (Å²) in [5, 5.41) is 2.63. The van der Waals surface area contributed by atoms with E-state index < -0.39 is 12.6 Å². The van der Waals surface area contributed by atoms with Gasteiger partial charge in [0.1, 0.15) is 5.82 Å². The number of nitrogens with zero attached hydrogens (tertiary/aromatic N) is 1. The lowest BCUT2D eigenvalue weighted by Crippen LogP contribution is -2.15. The lowest BCUT2D eigenvalue weighted by molar-refractivity contribution is -0.131. The number of alkyl halides is 3. The van der Waals surface area contributed by atoms with Crippen molar-refractivity contribution < 1.29 is 13.2 Å². The molecule has 0 saturated carbocycles. The van der Waals surface area contributed by atoms with Crippen molar-refractivity contribution in [2.75, 3.05) is 11.9 Å². The zero-order valence-electron chi connectivity index (χ0n) is 7.11. The molecule has 0 amide bonds. The monoisotopic (exact) mass is 316 g/mol. The van der Waals surface area contributed by atoms with Crippen molar-refractivity contribution in [1.82, 2.24) is 4.98 Å². The smallest absolute Gasteiger partial charge is 0.369 e. The molecule has 6 heteroatoms. The number of hydrogen-bond acceptors (Lipinski definition) is 2. The number of nitrogens with one attached hydrogen (secondary N) is 1. The molecule has 0 spiro atoms. The maximum atomic E-state index is 11.8. The van der Waals surface area contributed by atoms with Crippen LogP contribution in [0, 0.1) is 3.57 Å². The summed E-state index contributed by atoms with van der Waals surface area (Å²) in [5.41, 5.74) is 0. The van der Waals surface area contributed by atoms with Gasteiger partial charge in [-0.15, -0.1) is 0 Å². The Balaban J connectivity index is 2.43. The quantitative estimate of drug-likeness (QED) is 0.867. The molecule has 0 saturated heterocycles. The van der Waals surface area contributed by atoms with Gasteiger partial charge in [-0.2, -0.15) is 13.2 Å². The molecule has 1 N–H and O–H groups in total. The lowest BCUT2D eigenvalue weighted by atomic mass is 10.4. The van der Waals surface area contributed by atoms with Crippen LogP contribution in [0.5, 0.6) is 0 Å². The van der Waals surface area contributed by atoms with E-state index in [1.54, 1.807) is 12.1 Å². The summed E-state index contributed by atoms with van der Waals surface area (Å²) < 4.78 is 36.2. The minimum Gasteiger partial charge on any atom is -0.369 e. The molecule has 0 radical (unpaired) electrons. The Morgan fingerprint density at radius 1 is 1.43 bits per heavy atom. The molecule has 2 nitrogen and oxygen atoms in total. The van der Waals surface area contributed by atoms with E-state index in [2.05, 4.69) is 10.3 Å². The Morgan fingerprint density at radius 2 is 2.14 bits per heavy atom. The van der Waals surface area contributed by atoms with E-state index in [1.807, 2.05) is 22.6 Å². The Kier molecular flexibility index (Phi) is 3.97. The summed E-state index contributed by atoms with van der Waals surface area (Å²) in [6.07, 6.45) is -3.43. The number of halogens is 4. The van der Waals surface area contributed by atoms with Gasteiger partial charge >= 0.3 is 6.18 Å². The third-order valence-electron chi connectivity index (χ3n) is 1.46. The van der Waals surface area contributed by atoms with Crippen LogP contribution >= 0.6 is 22.6 Å². The van der Waals surface area contributed by atoms with Crippen LogP contribution < -0.4 is 5.32 Å². The number of pyridine rings is 1. The Hall–Kier alpha value is -0.530. The zero-order chi connectivity index (χ0) is 10.6. The maximum absolute atomic E-state index is 11.8. The molecule has 0 atom stereocenters. The standard InChI is InChI=1S/C8H8F3IN2/c9-8(10,11)3-5-14-7-6(12)2-1-4-13-7/h1-2,4H,3,5H2,(H,13,14). The van der Waals surface area contributed by atoms with Crippen molar-refractivity contribution in [2.24, 2.45) is 0 Å². The van der Waals surface area contributed by atoms with Gasteiger partial charge in [-0.05, 0) is 34.7 Å². The molecule has 1 heterocycles. The van der Waals surface area contributed by atoms with Crippen LogP contribution in [-0.4, -0.2) is 17.7 Å². The second-order valence-electron chi connectivity index (χ2n) is 2.63. The summed E-state index contributed by atoms with van der Waals surface area (Å²) in [7, 11) is 0. The van der Waals surface area contributed by atoms with Crippen LogP contribution in [0.25, 0.3) is 0 Å². The first-order chi connectivity index (χ1) is 6.49. The number of aromatic nitrogens is 1. The largest absolute Gasteiger partial charge is 0.390 e. The molecule has 0 aliphatic carbocycles. The summed E-state index contributed by atoms with van der Waals surface area (Å²) in [4.78, 5) is 3.91. The highest BCUT2D eigenvalue weighted by atomic mass is 127. The minimum absolute atomic E-state index is 0.142. The van der Waals surface area contributed by atoms with Gasteiger partial charge in [0.25, 0.3) is 0 Å². The highest BCUT2D eigenvalue weighted by Crippen LogP contribution is 2.20. The van der Waals surface area contributed by atoms with Crippen molar-refractivity contribution in [2.45, 2.75) is 12.6 Å². The van der Waals surface area contributed by atoms with Crippen LogP contribution in [0.15, 0.2) is 18.3 Å².